The van der Waals surface area contributed by atoms with Crippen molar-refractivity contribution in [2.75, 3.05) is 12.4 Å². The van der Waals surface area contributed by atoms with Gasteiger partial charge in [-0.15, -0.1) is 0 Å². The summed E-state index contributed by atoms with van der Waals surface area (Å²) in [6, 6.07) is 5.66. The molecular formula is C15H15N7O. The number of methoxy groups -OCH3 is 1. The number of fused-ring (bicyclic) bond motifs is 2. The maximum Gasteiger partial charge on any atom is 0.233 e. The zero-order valence-electron chi connectivity index (χ0n) is 12.5. The molecule has 4 heterocycles. The van der Waals surface area contributed by atoms with Crippen LogP contribution in [-0.4, -0.2) is 36.1 Å². The number of hydrogen-bond acceptors (Lipinski definition) is 6. The average Bonchev–Trinajstić information content (AvgIpc) is 3.19. The van der Waals surface area contributed by atoms with Crippen molar-refractivity contribution < 1.29 is 4.74 Å². The van der Waals surface area contributed by atoms with Crippen molar-refractivity contribution in [3.63, 3.8) is 0 Å². The molecule has 0 spiro atoms. The molecule has 0 aliphatic carbocycles. The molecule has 0 bridgehead atoms. The van der Waals surface area contributed by atoms with E-state index >= 15 is 0 Å². The molecule has 4 aromatic rings. The smallest absolute Gasteiger partial charge is 0.233 e. The van der Waals surface area contributed by atoms with Crippen molar-refractivity contribution in [3.05, 3.63) is 54.4 Å². The Labute approximate surface area is 131 Å². The Kier molecular flexibility index (Phi) is 3.35. The highest BCUT2D eigenvalue weighted by Crippen LogP contribution is 2.14. The van der Waals surface area contributed by atoms with E-state index in [0.717, 1.165) is 22.9 Å². The summed E-state index contributed by atoms with van der Waals surface area (Å²) in [5.74, 6) is 1.53. The molecule has 4 rings (SSSR count). The Morgan fingerprint density at radius 3 is 3.04 bits per heavy atom. The summed E-state index contributed by atoms with van der Waals surface area (Å²) in [7, 11) is 1.65. The molecule has 116 valence electrons. The summed E-state index contributed by atoms with van der Waals surface area (Å²) in [5, 5.41) is 7.64. The van der Waals surface area contributed by atoms with Gasteiger partial charge in [-0.2, -0.15) is 9.61 Å². The summed E-state index contributed by atoms with van der Waals surface area (Å²) in [5.41, 5.74) is 2.52. The topological polar surface area (TPSA) is 81.6 Å². The monoisotopic (exact) mass is 309 g/mol. The van der Waals surface area contributed by atoms with Gasteiger partial charge in [0.05, 0.1) is 30.7 Å². The quantitative estimate of drug-likeness (QED) is 0.602. The molecule has 4 aromatic heterocycles. The third-order valence-corrected chi connectivity index (χ3v) is 3.44. The lowest BCUT2D eigenvalue weighted by Crippen LogP contribution is -2.08. The van der Waals surface area contributed by atoms with Gasteiger partial charge in [-0.3, -0.25) is 4.40 Å². The van der Waals surface area contributed by atoms with E-state index in [9.17, 15) is 0 Å². The molecule has 0 unspecified atom stereocenters. The molecule has 23 heavy (non-hydrogen) atoms. The maximum atomic E-state index is 5.17. The molecule has 0 aliphatic rings. The minimum atomic E-state index is 0.453. The van der Waals surface area contributed by atoms with Crippen LogP contribution in [0.25, 0.3) is 11.4 Å². The van der Waals surface area contributed by atoms with Crippen LogP contribution in [0.3, 0.4) is 0 Å². The van der Waals surface area contributed by atoms with Gasteiger partial charge in [0.15, 0.2) is 5.65 Å². The molecule has 0 fully saturated rings. The number of aromatic nitrogens is 6. The molecular weight excluding hydrogens is 294 g/mol. The zero-order valence-corrected chi connectivity index (χ0v) is 12.5. The van der Waals surface area contributed by atoms with E-state index in [0.29, 0.717) is 18.9 Å². The summed E-state index contributed by atoms with van der Waals surface area (Å²) in [6.45, 7) is 1.02. The van der Waals surface area contributed by atoms with Gasteiger partial charge >= 0.3 is 0 Å². The van der Waals surface area contributed by atoms with E-state index < -0.39 is 0 Å². The van der Waals surface area contributed by atoms with E-state index in [-0.39, 0.29) is 0 Å². The molecule has 0 saturated heterocycles. The number of hydrogen-bond donors (Lipinski definition) is 1. The minimum Gasteiger partial charge on any atom is -0.378 e. The standard InChI is InChI=1S/C15H15N7O/c1-23-10-11-7-14(22-13(19-11)3-5-18-22)17-8-12-9-21-6-2-4-16-15(21)20-12/h2-7,9,17H,8,10H2,1H3. The average molecular weight is 309 g/mol. The fraction of sp³-hybridized carbons (Fsp3) is 0.200. The third kappa shape index (κ3) is 2.59. The van der Waals surface area contributed by atoms with E-state index in [1.807, 2.05) is 35.0 Å². The van der Waals surface area contributed by atoms with Crippen molar-refractivity contribution in [3.8, 4) is 0 Å². The Bertz CT molecular complexity index is 926. The Morgan fingerprint density at radius 2 is 2.17 bits per heavy atom. The molecule has 0 saturated carbocycles. The summed E-state index contributed by atoms with van der Waals surface area (Å²) >= 11 is 0. The van der Waals surface area contributed by atoms with Crippen LogP contribution < -0.4 is 5.32 Å². The molecule has 0 aromatic carbocycles. The lowest BCUT2D eigenvalue weighted by Gasteiger charge is -2.09. The number of nitrogens with zero attached hydrogens (tertiary/aromatic N) is 6. The highest BCUT2D eigenvalue weighted by atomic mass is 16.5. The summed E-state index contributed by atoms with van der Waals surface area (Å²) in [4.78, 5) is 13.2. The van der Waals surface area contributed by atoms with Crippen LogP contribution in [0, 0.1) is 0 Å². The first kappa shape index (κ1) is 13.6. The summed E-state index contributed by atoms with van der Waals surface area (Å²) < 4.78 is 8.82. The molecule has 1 N–H and O–H groups in total. The fourth-order valence-electron chi connectivity index (χ4n) is 2.46. The Balaban J connectivity index is 1.62. The Hall–Kier alpha value is -3.00. The first-order valence-corrected chi connectivity index (χ1v) is 7.18. The van der Waals surface area contributed by atoms with Crippen molar-refractivity contribution in [2.24, 2.45) is 0 Å². The number of nitrogens with one attached hydrogen (secondary N) is 1. The number of anilines is 1. The van der Waals surface area contributed by atoms with Crippen molar-refractivity contribution >= 4 is 17.2 Å². The van der Waals surface area contributed by atoms with Gasteiger partial charge in [0.1, 0.15) is 5.82 Å². The number of ether oxygens (including phenoxy) is 1. The molecule has 8 heteroatoms. The molecule has 0 radical (unpaired) electrons. The van der Waals surface area contributed by atoms with Gasteiger partial charge in [0, 0.05) is 37.8 Å². The first-order chi connectivity index (χ1) is 11.3. The predicted octanol–water partition coefficient (Wildman–Crippen LogP) is 1.53. The van der Waals surface area contributed by atoms with Crippen LogP contribution in [0.5, 0.6) is 0 Å². The second-order valence-electron chi connectivity index (χ2n) is 5.08. The van der Waals surface area contributed by atoms with Crippen LogP contribution in [0.15, 0.2) is 43.0 Å². The van der Waals surface area contributed by atoms with E-state index in [2.05, 4.69) is 25.4 Å². The van der Waals surface area contributed by atoms with Gasteiger partial charge in [-0.25, -0.2) is 15.0 Å². The SMILES string of the molecule is COCc1cc(NCc2cn3cccnc3n2)n2nccc2n1. The molecule has 8 nitrogen and oxygen atoms in total. The second kappa shape index (κ2) is 5.65. The van der Waals surface area contributed by atoms with Gasteiger partial charge in [-0.1, -0.05) is 0 Å². The van der Waals surface area contributed by atoms with Crippen molar-refractivity contribution in [2.45, 2.75) is 13.2 Å². The lowest BCUT2D eigenvalue weighted by molar-refractivity contribution is 0.181. The van der Waals surface area contributed by atoms with E-state index in [1.54, 1.807) is 24.0 Å². The van der Waals surface area contributed by atoms with Crippen molar-refractivity contribution in [1.82, 2.24) is 29.0 Å². The van der Waals surface area contributed by atoms with Gasteiger partial charge in [0.25, 0.3) is 0 Å². The highest BCUT2D eigenvalue weighted by Gasteiger charge is 2.08. The minimum absolute atomic E-state index is 0.453. The third-order valence-electron chi connectivity index (χ3n) is 3.44. The predicted molar refractivity (Wildman–Crippen MR) is 84.0 cm³/mol. The molecule has 0 amide bonds. The van der Waals surface area contributed by atoms with Gasteiger partial charge < -0.3 is 10.1 Å². The Morgan fingerprint density at radius 1 is 1.22 bits per heavy atom. The van der Waals surface area contributed by atoms with Crippen LogP contribution >= 0.6 is 0 Å². The highest BCUT2D eigenvalue weighted by molar-refractivity contribution is 5.49. The second-order valence-corrected chi connectivity index (χ2v) is 5.08. The van der Waals surface area contributed by atoms with Crippen LogP contribution in [0.4, 0.5) is 5.82 Å². The molecule has 0 atom stereocenters. The number of rotatable bonds is 5. The van der Waals surface area contributed by atoms with E-state index in [1.165, 1.54) is 0 Å². The van der Waals surface area contributed by atoms with Crippen LogP contribution in [-0.2, 0) is 17.9 Å². The fourth-order valence-corrected chi connectivity index (χ4v) is 2.46. The lowest BCUT2D eigenvalue weighted by atomic mass is 10.4. The maximum absolute atomic E-state index is 5.17. The number of imidazole rings is 1. The largest absolute Gasteiger partial charge is 0.378 e. The van der Waals surface area contributed by atoms with Gasteiger partial charge in [-0.05, 0) is 6.07 Å². The summed E-state index contributed by atoms with van der Waals surface area (Å²) in [6.07, 6.45) is 7.33. The molecule has 0 aliphatic heterocycles. The van der Waals surface area contributed by atoms with Crippen LogP contribution in [0.1, 0.15) is 11.4 Å². The van der Waals surface area contributed by atoms with E-state index in [4.69, 9.17) is 4.74 Å². The van der Waals surface area contributed by atoms with Gasteiger partial charge in [0.2, 0.25) is 5.78 Å². The van der Waals surface area contributed by atoms with Crippen molar-refractivity contribution in [1.29, 1.82) is 0 Å². The normalized spacial score (nSPS) is 11.3. The zero-order chi connectivity index (χ0) is 15.6. The first-order valence-electron chi connectivity index (χ1n) is 7.18. The van der Waals surface area contributed by atoms with Crippen LogP contribution in [0.2, 0.25) is 0 Å².